The van der Waals surface area contributed by atoms with E-state index in [1.165, 1.54) is 24.3 Å². The van der Waals surface area contributed by atoms with Gasteiger partial charge in [-0.1, -0.05) is 0 Å². The zero-order chi connectivity index (χ0) is 14.3. The number of hydrogen-bond acceptors (Lipinski definition) is 3. The largest absolute Gasteiger partial charge is 0.481 e. The van der Waals surface area contributed by atoms with Gasteiger partial charge in [0.15, 0.2) is 6.10 Å². The van der Waals surface area contributed by atoms with Gasteiger partial charge < -0.3 is 15.2 Å². The first kappa shape index (κ1) is 15.4. The summed E-state index contributed by atoms with van der Waals surface area (Å²) in [5.74, 6) is -0.121. The van der Waals surface area contributed by atoms with E-state index in [4.69, 9.17) is 9.84 Å². The number of aliphatic hydroxyl groups excluding tert-OH is 1. The second kappa shape index (κ2) is 7.74. The Balaban J connectivity index is 2.42. The molecule has 4 nitrogen and oxygen atoms in total. The molecular weight excluding hydrogens is 249 g/mol. The molecule has 1 rings (SSSR count). The van der Waals surface area contributed by atoms with Gasteiger partial charge in [0.1, 0.15) is 11.6 Å². The Morgan fingerprint density at radius 3 is 2.58 bits per heavy atom. The number of amides is 1. The van der Waals surface area contributed by atoms with Gasteiger partial charge in [-0.15, -0.1) is 0 Å². The van der Waals surface area contributed by atoms with Crippen LogP contribution >= 0.6 is 0 Å². The van der Waals surface area contributed by atoms with Crippen LogP contribution in [0.4, 0.5) is 4.39 Å². The summed E-state index contributed by atoms with van der Waals surface area (Å²) < 4.78 is 18.1. The Morgan fingerprint density at radius 1 is 1.37 bits per heavy atom. The molecular formula is C14H20FNO3. The van der Waals surface area contributed by atoms with E-state index in [2.05, 4.69) is 5.32 Å². The molecule has 19 heavy (non-hydrogen) atoms. The van der Waals surface area contributed by atoms with Gasteiger partial charge in [0.25, 0.3) is 5.91 Å². The molecule has 0 saturated heterocycles. The predicted molar refractivity (Wildman–Crippen MR) is 70.4 cm³/mol. The topological polar surface area (TPSA) is 58.6 Å². The van der Waals surface area contributed by atoms with Crippen LogP contribution < -0.4 is 10.1 Å². The molecule has 0 bridgehead atoms. The third-order valence-corrected chi connectivity index (χ3v) is 2.68. The lowest BCUT2D eigenvalue weighted by atomic mass is 10.2. The minimum absolute atomic E-state index is 0.0149. The zero-order valence-electron chi connectivity index (χ0n) is 11.2. The van der Waals surface area contributed by atoms with Gasteiger partial charge in [-0.3, -0.25) is 4.79 Å². The number of carbonyl (C=O) groups excluding carboxylic acids is 1. The Hall–Kier alpha value is -1.62. The number of halogens is 1. The van der Waals surface area contributed by atoms with E-state index in [1.807, 2.05) is 6.92 Å². The smallest absolute Gasteiger partial charge is 0.260 e. The number of carbonyl (C=O) groups is 1. The van der Waals surface area contributed by atoms with E-state index in [9.17, 15) is 9.18 Å². The summed E-state index contributed by atoms with van der Waals surface area (Å²) >= 11 is 0. The third kappa shape index (κ3) is 5.70. The van der Waals surface area contributed by atoms with E-state index in [1.54, 1.807) is 6.92 Å². The summed E-state index contributed by atoms with van der Waals surface area (Å²) in [4.78, 5) is 11.8. The fourth-order valence-electron chi connectivity index (χ4n) is 1.60. The number of nitrogens with one attached hydrogen (secondary N) is 1. The van der Waals surface area contributed by atoms with E-state index in [0.717, 1.165) is 0 Å². The molecule has 0 spiro atoms. The van der Waals surface area contributed by atoms with Gasteiger partial charge in [0.2, 0.25) is 0 Å². The molecule has 2 unspecified atom stereocenters. The lowest BCUT2D eigenvalue weighted by Gasteiger charge is -2.18. The van der Waals surface area contributed by atoms with Gasteiger partial charge in [0.05, 0.1) is 0 Å². The van der Waals surface area contributed by atoms with Gasteiger partial charge in [-0.25, -0.2) is 4.39 Å². The lowest BCUT2D eigenvalue weighted by molar-refractivity contribution is -0.127. The Kier molecular flexibility index (Phi) is 6.29. The van der Waals surface area contributed by atoms with Crippen molar-refractivity contribution in [3.8, 4) is 5.75 Å². The summed E-state index contributed by atoms with van der Waals surface area (Å²) in [5, 5.41) is 11.5. The highest BCUT2D eigenvalue weighted by Gasteiger charge is 2.16. The van der Waals surface area contributed by atoms with E-state index >= 15 is 0 Å². The number of aliphatic hydroxyl groups is 1. The first-order valence-corrected chi connectivity index (χ1v) is 6.36. The molecule has 2 N–H and O–H groups in total. The van der Waals surface area contributed by atoms with Crippen molar-refractivity contribution in [1.29, 1.82) is 0 Å². The molecule has 106 valence electrons. The summed E-state index contributed by atoms with van der Waals surface area (Å²) in [6.45, 7) is 3.62. The average Bonchev–Trinajstić information content (AvgIpc) is 2.39. The highest BCUT2D eigenvalue weighted by molar-refractivity contribution is 5.80. The number of rotatable bonds is 7. The molecule has 0 heterocycles. The molecule has 2 atom stereocenters. The van der Waals surface area contributed by atoms with Gasteiger partial charge >= 0.3 is 0 Å². The van der Waals surface area contributed by atoms with Gasteiger partial charge in [-0.2, -0.15) is 0 Å². The molecule has 1 aromatic carbocycles. The van der Waals surface area contributed by atoms with Crippen molar-refractivity contribution in [2.24, 2.45) is 0 Å². The van der Waals surface area contributed by atoms with E-state index < -0.39 is 6.10 Å². The van der Waals surface area contributed by atoms with Crippen LogP contribution in [0.1, 0.15) is 26.7 Å². The Bertz CT molecular complexity index is 394. The zero-order valence-corrected chi connectivity index (χ0v) is 11.2. The fourth-order valence-corrected chi connectivity index (χ4v) is 1.60. The van der Waals surface area contributed by atoms with Crippen LogP contribution in [0.5, 0.6) is 5.75 Å². The van der Waals surface area contributed by atoms with Crippen molar-refractivity contribution in [3.63, 3.8) is 0 Å². The quantitative estimate of drug-likeness (QED) is 0.794. The average molecular weight is 269 g/mol. The standard InChI is InChI=1S/C14H20FNO3/c1-10(4-3-9-17)16-14(18)11(2)19-13-7-5-12(15)6-8-13/h5-8,10-11,17H,3-4,9H2,1-2H3,(H,16,18). The van der Waals surface area contributed by atoms with Crippen molar-refractivity contribution < 1.29 is 19.0 Å². The molecule has 0 aliphatic carbocycles. The van der Waals surface area contributed by atoms with Crippen LogP contribution in [0.2, 0.25) is 0 Å². The Labute approximate surface area is 112 Å². The minimum atomic E-state index is -0.651. The molecule has 0 fully saturated rings. The van der Waals surface area contributed by atoms with Crippen LogP contribution in [0.15, 0.2) is 24.3 Å². The number of benzene rings is 1. The van der Waals surface area contributed by atoms with Crippen LogP contribution in [-0.2, 0) is 4.79 Å². The van der Waals surface area contributed by atoms with Gasteiger partial charge in [-0.05, 0) is 51.0 Å². The van der Waals surface area contributed by atoms with Crippen molar-refractivity contribution in [3.05, 3.63) is 30.1 Å². The van der Waals surface area contributed by atoms with E-state index in [0.29, 0.717) is 18.6 Å². The molecule has 0 saturated carbocycles. The van der Waals surface area contributed by atoms with Crippen LogP contribution in [0, 0.1) is 5.82 Å². The molecule has 0 aromatic heterocycles. The third-order valence-electron chi connectivity index (χ3n) is 2.68. The SMILES string of the molecule is CC(CCCO)NC(=O)C(C)Oc1ccc(F)cc1. The molecule has 0 aliphatic rings. The summed E-state index contributed by atoms with van der Waals surface area (Å²) in [5.41, 5.74) is 0. The normalized spacial score (nSPS) is 13.7. The van der Waals surface area contributed by atoms with Crippen molar-refractivity contribution in [2.75, 3.05) is 6.61 Å². The van der Waals surface area contributed by atoms with Crippen molar-refractivity contribution >= 4 is 5.91 Å². The highest BCUT2D eigenvalue weighted by Crippen LogP contribution is 2.13. The molecule has 0 radical (unpaired) electrons. The summed E-state index contributed by atoms with van der Waals surface area (Å²) in [7, 11) is 0. The first-order chi connectivity index (χ1) is 9.02. The monoisotopic (exact) mass is 269 g/mol. The molecule has 0 aliphatic heterocycles. The lowest BCUT2D eigenvalue weighted by Crippen LogP contribution is -2.41. The minimum Gasteiger partial charge on any atom is -0.481 e. The first-order valence-electron chi connectivity index (χ1n) is 6.36. The van der Waals surface area contributed by atoms with Gasteiger partial charge in [0, 0.05) is 12.6 Å². The second-order valence-corrected chi connectivity index (χ2v) is 4.49. The maximum absolute atomic E-state index is 12.7. The highest BCUT2D eigenvalue weighted by atomic mass is 19.1. The molecule has 5 heteroatoms. The Morgan fingerprint density at radius 2 is 2.00 bits per heavy atom. The van der Waals surface area contributed by atoms with Crippen molar-refractivity contribution in [2.45, 2.75) is 38.8 Å². The summed E-state index contributed by atoms with van der Waals surface area (Å²) in [6, 6.07) is 5.51. The van der Waals surface area contributed by atoms with Crippen LogP contribution in [0.25, 0.3) is 0 Å². The summed E-state index contributed by atoms with van der Waals surface area (Å²) in [6.07, 6.45) is 0.710. The maximum atomic E-state index is 12.7. The number of ether oxygens (including phenoxy) is 1. The molecule has 1 aromatic rings. The number of hydrogen-bond donors (Lipinski definition) is 2. The second-order valence-electron chi connectivity index (χ2n) is 4.49. The van der Waals surface area contributed by atoms with Crippen molar-refractivity contribution in [1.82, 2.24) is 5.32 Å². The molecule has 1 amide bonds. The van der Waals surface area contributed by atoms with Crippen LogP contribution in [-0.4, -0.2) is 29.8 Å². The van der Waals surface area contributed by atoms with E-state index in [-0.39, 0.29) is 24.4 Å². The predicted octanol–water partition coefficient (Wildman–Crippen LogP) is 1.87. The fraction of sp³-hybridized carbons (Fsp3) is 0.500. The maximum Gasteiger partial charge on any atom is 0.260 e. The van der Waals surface area contributed by atoms with Crippen LogP contribution in [0.3, 0.4) is 0 Å².